The molecule has 1 saturated heterocycles. The SMILES string of the molecule is NC1CCC2CN(c3ncccc3Br)CC12. The Hall–Kier alpha value is -0.610. The van der Waals surface area contributed by atoms with Crippen molar-refractivity contribution in [1.82, 2.24) is 4.98 Å². The molecule has 16 heavy (non-hydrogen) atoms. The first-order valence-electron chi connectivity index (χ1n) is 5.87. The molecule has 1 saturated carbocycles. The number of halogens is 1. The van der Waals surface area contributed by atoms with Crippen LogP contribution in [0.4, 0.5) is 5.82 Å². The first-order valence-corrected chi connectivity index (χ1v) is 6.66. The zero-order valence-corrected chi connectivity index (χ0v) is 10.7. The molecule has 86 valence electrons. The Balaban J connectivity index is 1.82. The highest BCUT2D eigenvalue weighted by atomic mass is 79.9. The monoisotopic (exact) mass is 281 g/mol. The van der Waals surface area contributed by atoms with Crippen molar-refractivity contribution in [2.45, 2.75) is 18.9 Å². The van der Waals surface area contributed by atoms with Crippen LogP contribution in [-0.2, 0) is 0 Å². The van der Waals surface area contributed by atoms with Crippen molar-refractivity contribution in [3.63, 3.8) is 0 Å². The van der Waals surface area contributed by atoms with E-state index in [4.69, 9.17) is 5.73 Å². The second-order valence-corrected chi connectivity index (χ2v) is 5.73. The number of rotatable bonds is 1. The Morgan fingerprint density at radius 2 is 2.25 bits per heavy atom. The van der Waals surface area contributed by atoms with Gasteiger partial charge in [-0.25, -0.2) is 4.98 Å². The molecule has 1 aromatic heterocycles. The molecular formula is C12H16BrN3. The van der Waals surface area contributed by atoms with E-state index < -0.39 is 0 Å². The number of hydrogen-bond donors (Lipinski definition) is 1. The van der Waals surface area contributed by atoms with E-state index in [2.05, 4.69) is 31.9 Å². The standard InChI is InChI=1S/C12H16BrN3/c13-10-2-1-5-15-12(10)16-6-8-3-4-11(14)9(8)7-16/h1-2,5,8-9,11H,3-4,6-7,14H2. The minimum Gasteiger partial charge on any atom is -0.355 e. The summed E-state index contributed by atoms with van der Waals surface area (Å²) in [6.07, 6.45) is 4.34. The lowest BCUT2D eigenvalue weighted by atomic mass is 9.98. The number of pyridine rings is 1. The van der Waals surface area contributed by atoms with Gasteiger partial charge in [0.05, 0.1) is 4.47 Å². The third kappa shape index (κ3) is 1.64. The average molecular weight is 282 g/mol. The van der Waals surface area contributed by atoms with Crippen LogP contribution in [0.15, 0.2) is 22.8 Å². The highest BCUT2D eigenvalue weighted by molar-refractivity contribution is 9.10. The summed E-state index contributed by atoms with van der Waals surface area (Å²) in [5, 5.41) is 0. The summed E-state index contributed by atoms with van der Waals surface area (Å²) in [4.78, 5) is 6.82. The predicted molar refractivity (Wildman–Crippen MR) is 68.3 cm³/mol. The Morgan fingerprint density at radius 3 is 3.00 bits per heavy atom. The largest absolute Gasteiger partial charge is 0.355 e. The average Bonchev–Trinajstić information content (AvgIpc) is 2.82. The lowest BCUT2D eigenvalue weighted by Crippen LogP contribution is -2.30. The minimum atomic E-state index is 0.400. The molecule has 0 bridgehead atoms. The van der Waals surface area contributed by atoms with Gasteiger partial charge in [0.25, 0.3) is 0 Å². The van der Waals surface area contributed by atoms with E-state index in [1.807, 2.05) is 12.3 Å². The normalized spacial score (nSPS) is 33.1. The fourth-order valence-corrected chi connectivity index (χ4v) is 3.60. The van der Waals surface area contributed by atoms with Gasteiger partial charge in [-0.15, -0.1) is 0 Å². The molecule has 1 aliphatic carbocycles. The number of fused-ring (bicyclic) bond motifs is 1. The number of anilines is 1. The summed E-state index contributed by atoms with van der Waals surface area (Å²) < 4.78 is 1.09. The molecule has 2 aliphatic rings. The van der Waals surface area contributed by atoms with Crippen molar-refractivity contribution in [2.24, 2.45) is 17.6 Å². The van der Waals surface area contributed by atoms with Gasteiger partial charge in [-0.1, -0.05) is 0 Å². The lowest BCUT2D eigenvalue weighted by molar-refractivity contribution is 0.453. The van der Waals surface area contributed by atoms with Crippen molar-refractivity contribution in [1.29, 1.82) is 0 Å². The van der Waals surface area contributed by atoms with E-state index in [1.54, 1.807) is 0 Å². The van der Waals surface area contributed by atoms with Crippen molar-refractivity contribution in [3.05, 3.63) is 22.8 Å². The van der Waals surface area contributed by atoms with Crippen molar-refractivity contribution >= 4 is 21.7 Å². The highest BCUT2D eigenvalue weighted by Crippen LogP contribution is 2.39. The van der Waals surface area contributed by atoms with Gasteiger partial charge in [-0.2, -0.15) is 0 Å². The molecule has 3 atom stereocenters. The fourth-order valence-electron chi connectivity index (χ4n) is 3.09. The Kier molecular flexibility index (Phi) is 2.64. The maximum absolute atomic E-state index is 6.14. The first-order chi connectivity index (χ1) is 7.75. The first kappa shape index (κ1) is 10.5. The van der Waals surface area contributed by atoms with E-state index >= 15 is 0 Å². The molecule has 1 aliphatic heterocycles. The maximum Gasteiger partial charge on any atom is 0.142 e. The topological polar surface area (TPSA) is 42.1 Å². The second-order valence-electron chi connectivity index (χ2n) is 4.88. The third-order valence-electron chi connectivity index (χ3n) is 3.95. The molecular weight excluding hydrogens is 266 g/mol. The third-order valence-corrected chi connectivity index (χ3v) is 4.57. The molecule has 0 aromatic carbocycles. The summed E-state index contributed by atoms with van der Waals surface area (Å²) in [5.41, 5.74) is 6.14. The van der Waals surface area contributed by atoms with Gasteiger partial charge in [-0.05, 0) is 52.7 Å². The summed E-state index contributed by atoms with van der Waals surface area (Å²) >= 11 is 3.57. The lowest BCUT2D eigenvalue weighted by Gasteiger charge is -2.20. The van der Waals surface area contributed by atoms with Crippen LogP contribution in [0.1, 0.15) is 12.8 Å². The van der Waals surface area contributed by atoms with E-state index in [9.17, 15) is 0 Å². The predicted octanol–water partition coefficient (Wildman–Crippen LogP) is 2.02. The Labute approximate surface area is 104 Å². The molecule has 4 heteroatoms. The molecule has 0 spiro atoms. The number of hydrogen-bond acceptors (Lipinski definition) is 3. The summed E-state index contributed by atoms with van der Waals surface area (Å²) in [6.45, 7) is 2.19. The van der Waals surface area contributed by atoms with Crippen LogP contribution in [0.25, 0.3) is 0 Å². The molecule has 1 aromatic rings. The zero-order valence-electron chi connectivity index (χ0n) is 9.14. The van der Waals surface area contributed by atoms with Gasteiger partial charge in [0.1, 0.15) is 5.82 Å². The molecule has 2 heterocycles. The number of nitrogens with zero attached hydrogens (tertiary/aromatic N) is 2. The van der Waals surface area contributed by atoms with E-state index in [0.717, 1.165) is 29.3 Å². The number of aromatic nitrogens is 1. The molecule has 0 amide bonds. The van der Waals surface area contributed by atoms with Gasteiger partial charge < -0.3 is 10.6 Å². The Bertz CT molecular complexity index is 396. The van der Waals surface area contributed by atoms with Crippen LogP contribution in [-0.4, -0.2) is 24.1 Å². The van der Waals surface area contributed by atoms with Crippen molar-refractivity contribution < 1.29 is 0 Å². The van der Waals surface area contributed by atoms with E-state index in [-0.39, 0.29) is 0 Å². The molecule has 2 fully saturated rings. The van der Waals surface area contributed by atoms with Crippen LogP contribution >= 0.6 is 15.9 Å². The number of nitrogens with two attached hydrogens (primary N) is 1. The molecule has 0 radical (unpaired) electrons. The van der Waals surface area contributed by atoms with Gasteiger partial charge >= 0.3 is 0 Å². The van der Waals surface area contributed by atoms with Crippen LogP contribution in [0, 0.1) is 11.8 Å². The molecule has 2 N–H and O–H groups in total. The fraction of sp³-hybridized carbons (Fsp3) is 0.583. The minimum absolute atomic E-state index is 0.400. The summed E-state index contributed by atoms with van der Waals surface area (Å²) in [7, 11) is 0. The smallest absolute Gasteiger partial charge is 0.142 e. The second kappa shape index (κ2) is 4.00. The molecule has 3 rings (SSSR count). The molecule has 3 nitrogen and oxygen atoms in total. The summed E-state index contributed by atoms with van der Waals surface area (Å²) in [6, 6.07) is 4.41. The van der Waals surface area contributed by atoms with Crippen LogP contribution < -0.4 is 10.6 Å². The summed E-state index contributed by atoms with van der Waals surface area (Å²) in [5.74, 6) is 2.53. The van der Waals surface area contributed by atoms with Gasteiger partial charge in [-0.3, -0.25) is 0 Å². The van der Waals surface area contributed by atoms with Gasteiger partial charge in [0.15, 0.2) is 0 Å². The van der Waals surface area contributed by atoms with Crippen LogP contribution in [0.5, 0.6) is 0 Å². The van der Waals surface area contributed by atoms with Gasteiger partial charge in [0.2, 0.25) is 0 Å². The van der Waals surface area contributed by atoms with Crippen molar-refractivity contribution in [3.8, 4) is 0 Å². The van der Waals surface area contributed by atoms with Crippen molar-refractivity contribution in [2.75, 3.05) is 18.0 Å². The maximum atomic E-state index is 6.14. The zero-order chi connectivity index (χ0) is 11.1. The quantitative estimate of drug-likeness (QED) is 0.857. The molecule has 3 unspecified atom stereocenters. The van der Waals surface area contributed by atoms with Crippen LogP contribution in [0.3, 0.4) is 0 Å². The van der Waals surface area contributed by atoms with E-state index in [0.29, 0.717) is 12.0 Å². The van der Waals surface area contributed by atoms with Gasteiger partial charge in [0, 0.05) is 25.3 Å². The highest BCUT2D eigenvalue weighted by Gasteiger charge is 2.41. The van der Waals surface area contributed by atoms with Crippen LogP contribution in [0.2, 0.25) is 0 Å². The Morgan fingerprint density at radius 1 is 1.38 bits per heavy atom. The van der Waals surface area contributed by atoms with E-state index in [1.165, 1.54) is 12.8 Å².